The van der Waals surface area contributed by atoms with Crippen LogP contribution >= 0.6 is 11.6 Å². The molecule has 0 aliphatic rings. The normalized spacial score (nSPS) is 10.9. The van der Waals surface area contributed by atoms with Crippen LogP contribution in [0.1, 0.15) is 5.56 Å². The molecule has 3 nitrogen and oxygen atoms in total. The second-order valence-corrected chi connectivity index (χ2v) is 5.15. The van der Waals surface area contributed by atoms with E-state index in [0.717, 1.165) is 27.9 Å². The van der Waals surface area contributed by atoms with E-state index in [4.69, 9.17) is 22.1 Å². The number of nitrogens with zero attached hydrogens (tertiary/aromatic N) is 1. The first-order valence-electron chi connectivity index (χ1n) is 6.34. The summed E-state index contributed by atoms with van der Waals surface area (Å²) < 4.78 is 7.39. The third-order valence-corrected chi connectivity index (χ3v) is 3.66. The fourth-order valence-corrected chi connectivity index (χ4v) is 2.53. The molecule has 0 amide bonds. The molecule has 0 unspecified atom stereocenters. The number of fused-ring (bicyclic) bond motifs is 1. The van der Waals surface area contributed by atoms with Gasteiger partial charge in [-0.2, -0.15) is 0 Å². The molecule has 2 N–H and O–H groups in total. The van der Waals surface area contributed by atoms with Crippen LogP contribution in [0.5, 0.6) is 5.75 Å². The summed E-state index contributed by atoms with van der Waals surface area (Å²) >= 11 is 6.03. The van der Waals surface area contributed by atoms with Gasteiger partial charge in [0.05, 0.1) is 7.11 Å². The lowest BCUT2D eigenvalue weighted by Crippen LogP contribution is -2.01. The third kappa shape index (κ3) is 2.32. The van der Waals surface area contributed by atoms with Crippen LogP contribution in [0.15, 0.2) is 48.7 Å². The number of benzene rings is 2. The van der Waals surface area contributed by atoms with Crippen LogP contribution in [0.2, 0.25) is 5.02 Å². The molecule has 0 atom stereocenters. The molecule has 0 spiro atoms. The van der Waals surface area contributed by atoms with Crippen LogP contribution < -0.4 is 10.5 Å². The highest BCUT2D eigenvalue weighted by molar-refractivity contribution is 6.30. The van der Waals surface area contributed by atoms with Crippen molar-refractivity contribution in [1.82, 2.24) is 4.57 Å². The summed E-state index contributed by atoms with van der Waals surface area (Å²) in [6, 6.07) is 13.7. The van der Waals surface area contributed by atoms with Crippen molar-refractivity contribution in [2.75, 3.05) is 12.8 Å². The minimum atomic E-state index is 0.697. The molecule has 0 radical (unpaired) electrons. The molecule has 102 valence electrons. The minimum absolute atomic E-state index is 0.697. The summed E-state index contributed by atoms with van der Waals surface area (Å²) in [5.41, 5.74) is 8.92. The molecular weight excluding hydrogens is 272 g/mol. The van der Waals surface area contributed by atoms with E-state index < -0.39 is 0 Å². The molecular formula is C16H15ClN2O. The van der Waals surface area contributed by atoms with Crippen LogP contribution in [0.25, 0.3) is 10.9 Å². The number of anilines is 1. The molecule has 1 aromatic heterocycles. The number of nitrogens with two attached hydrogens (primary N) is 1. The van der Waals surface area contributed by atoms with Gasteiger partial charge in [-0.25, -0.2) is 0 Å². The van der Waals surface area contributed by atoms with Crippen LogP contribution in [0, 0.1) is 0 Å². The van der Waals surface area contributed by atoms with Gasteiger partial charge in [-0.1, -0.05) is 11.6 Å². The van der Waals surface area contributed by atoms with E-state index in [1.807, 2.05) is 30.5 Å². The maximum absolute atomic E-state index is 6.03. The Bertz CT molecular complexity index is 764. The minimum Gasteiger partial charge on any atom is -0.497 e. The molecule has 0 fully saturated rings. The quantitative estimate of drug-likeness (QED) is 0.741. The molecule has 0 saturated carbocycles. The Morgan fingerprint density at radius 3 is 2.80 bits per heavy atom. The van der Waals surface area contributed by atoms with Crippen LogP contribution in [-0.2, 0) is 6.54 Å². The fraction of sp³-hybridized carbons (Fsp3) is 0.125. The van der Waals surface area contributed by atoms with Crippen molar-refractivity contribution in [1.29, 1.82) is 0 Å². The lowest BCUT2D eigenvalue weighted by Gasteiger charge is -2.09. The highest BCUT2D eigenvalue weighted by Crippen LogP contribution is 2.24. The topological polar surface area (TPSA) is 40.2 Å². The first kappa shape index (κ1) is 12.9. The number of ether oxygens (including phenoxy) is 1. The molecule has 0 aliphatic heterocycles. The van der Waals surface area contributed by atoms with Crippen LogP contribution in [0.3, 0.4) is 0 Å². The number of nitrogen functional groups attached to an aromatic ring is 1. The molecule has 20 heavy (non-hydrogen) atoms. The average Bonchev–Trinajstić information content (AvgIpc) is 2.85. The lowest BCUT2D eigenvalue weighted by molar-refractivity contribution is 0.415. The highest BCUT2D eigenvalue weighted by Gasteiger charge is 2.06. The van der Waals surface area contributed by atoms with Gasteiger partial charge in [0.1, 0.15) is 5.75 Å². The maximum Gasteiger partial charge on any atom is 0.119 e. The van der Waals surface area contributed by atoms with Crippen molar-refractivity contribution < 1.29 is 4.74 Å². The molecule has 3 aromatic rings. The van der Waals surface area contributed by atoms with Crippen molar-refractivity contribution in [2.24, 2.45) is 0 Å². The van der Waals surface area contributed by atoms with Crippen molar-refractivity contribution in [3.8, 4) is 5.75 Å². The molecule has 0 saturated heterocycles. The predicted octanol–water partition coefficient (Wildman–Crippen LogP) is 3.93. The summed E-state index contributed by atoms with van der Waals surface area (Å²) in [5.74, 6) is 0.859. The van der Waals surface area contributed by atoms with E-state index in [1.54, 1.807) is 13.2 Å². The molecule has 4 heteroatoms. The Kier molecular flexibility index (Phi) is 3.28. The Hall–Kier alpha value is -2.13. The molecule has 1 heterocycles. The highest BCUT2D eigenvalue weighted by atomic mass is 35.5. The van der Waals surface area contributed by atoms with E-state index >= 15 is 0 Å². The molecule has 2 aromatic carbocycles. The van der Waals surface area contributed by atoms with Crippen molar-refractivity contribution >= 4 is 28.2 Å². The number of aromatic nitrogens is 1. The van der Waals surface area contributed by atoms with Crippen molar-refractivity contribution in [3.63, 3.8) is 0 Å². The Morgan fingerprint density at radius 2 is 2.00 bits per heavy atom. The number of hydrogen-bond acceptors (Lipinski definition) is 2. The monoisotopic (exact) mass is 286 g/mol. The molecule has 3 rings (SSSR count). The van der Waals surface area contributed by atoms with Crippen molar-refractivity contribution in [3.05, 3.63) is 59.2 Å². The van der Waals surface area contributed by atoms with Gasteiger partial charge in [-0.05, 0) is 48.0 Å². The predicted molar refractivity (Wildman–Crippen MR) is 83.5 cm³/mol. The van der Waals surface area contributed by atoms with Gasteiger partial charge in [0.15, 0.2) is 0 Å². The zero-order chi connectivity index (χ0) is 14.1. The largest absolute Gasteiger partial charge is 0.497 e. The Labute approximate surface area is 122 Å². The fourth-order valence-electron chi connectivity index (χ4n) is 2.34. The van der Waals surface area contributed by atoms with Crippen molar-refractivity contribution in [2.45, 2.75) is 6.54 Å². The van der Waals surface area contributed by atoms with E-state index in [1.165, 1.54) is 0 Å². The summed E-state index contributed by atoms with van der Waals surface area (Å²) in [7, 11) is 1.67. The smallest absolute Gasteiger partial charge is 0.119 e. The SMILES string of the molecule is COc1ccc2c(ccn2Cc2cc(Cl)ccc2N)c1. The Balaban J connectivity index is 2.00. The van der Waals surface area contributed by atoms with Crippen LogP contribution in [-0.4, -0.2) is 11.7 Å². The zero-order valence-corrected chi connectivity index (χ0v) is 11.9. The molecule has 0 bridgehead atoms. The second kappa shape index (κ2) is 5.10. The number of halogens is 1. The van der Waals surface area contributed by atoms with E-state index in [0.29, 0.717) is 11.6 Å². The maximum atomic E-state index is 6.03. The van der Waals surface area contributed by atoms with Gasteiger partial charge in [0.2, 0.25) is 0 Å². The van der Waals surface area contributed by atoms with Gasteiger partial charge in [0, 0.05) is 34.4 Å². The summed E-state index contributed by atoms with van der Waals surface area (Å²) in [5, 5.41) is 1.84. The van der Waals surface area contributed by atoms with E-state index in [2.05, 4.69) is 16.7 Å². The number of methoxy groups -OCH3 is 1. The standard InChI is InChI=1S/C16H15ClN2O/c1-20-14-3-5-16-11(9-14)6-7-19(16)10-12-8-13(17)2-4-15(12)18/h2-9H,10,18H2,1H3. The molecule has 0 aliphatic carbocycles. The first-order valence-corrected chi connectivity index (χ1v) is 6.72. The van der Waals surface area contributed by atoms with Gasteiger partial charge < -0.3 is 15.0 Å². The summed E-state index contributed by atoms with van der Waals surface area (Å²) in [4.78, 5) is 0. The average molecular weight is 287 g/mol. The van der Waals surface area contributed by atoms with Gasteiger partial charge >= 0.3 is 0 Å². The summed E-state index contributed by atoms with van der Waals surface area (Å²) in [6.45, 7) is 0.697. The second-order valence-electron chi connectivity index (χ2n) is 4.71. The Morgan fingerprint density at radius 1 is 1.15 bits per heavy atom. The van der Waals surface area contributed by atoms with E-state index in [-0.39, 0.29) is 0 Å². The first-order chi connectivity index (χ1) is 9.67. The van der Waals surface area contributed by atoms with Gasteiger partial charge in [-0.15, -0.1) is 0 Å². The third-order valence-electron chi connectivity index (χ3n) is 3.42. The zero-order valence-electron chi connectivity index (χ0n) is 11.1. The number of rotatable bonds is 3. The van der Waals surface area contributed by atoms with Gasteiger partial charge in [0.25, 0.3) is 0 Å². The van der Waals surface area contributed by atoms with E-state index in [9.17, 15) is 0 Å². The van der Waals surface area contributed by atoms with Crippen LogP contribution in [0.4, 0.5) is 5.69 Å². The summed E-state index contributed by atoms with van der Waals surface area (Å²) in [6.07, 6.45) is 2.05. The number of hydrogen-bond donors (Lipinski definition) is 1. The lowest BCUT2D eigenvalue weighted by atomic mass is 10.2. The van der Waals surface area contributed by atoms with Gasteiger partial charge in [-0.3, -0.25) is 0 Å².